The molecule has 2 aromatic carbocycles. The van der Waals surface area contributed by atoms with Crippen LogP contribution in [0.15, 0.2) is 60.7 Å². The second-order valence-electron chi connectivity index (χ2n) is 4.54. The number of hydrogen-bond donors (Lipinski definition) is 0. The van der Waals surface area contributed by atoms with Gasteiger partial charge in [-0.15, -0.1) is 0 Å². The molecule has 2 aromatic rings. The molecule has 0 amide bonds. The molecular formula is C15H18Si. The van der Waals surface area contributed by atoms with Crippen LogP contribution in [0.2, 0.25) is 5.54 Å². The van der Waals surface area contributed by atoms with E-state index < -0.39 is 0 Å². The second kappa shape index (κ2) is 5.13. The molecule has 82 valence electrons. The average Bonchev–Trinajstić information content (AvgIpc) is 2.31. The first-order valence-electron chi connectivity index (χ1n) is 5.89. The predicted octanol–water partition coefficient (Wildman–Crippen LogP) is 2.99. The first-order chi connectivity index (χ1) is 7.79. The minimum absolute atomic E-state index is 0.564. The molecule has 16 heavy (non-hydrogen) atoms. The average molecular weight is 226 g/mol. The maximum atomic E-state index is 2.34. The number of rotatable bonds is 3. The fourth-order valence-corrected chi connectivity index (χ4v) is 3.05. The van der Waals surface area contributed by atoms with Gasteiger partial charge in [0.2, 0.25) is 0 Å². The molecule has 0 fully saturated rings. The predicted molar refractivity (Wildman–Crippen MR) is 74.1 cm³/mol. The quantitative estimate of drug-likeness (QED) is 0.706. The summed E-state index contributed by atoms with van der Waals surface area (Å²) in [6.07, 6.45) is 0. The van der Waals surface area contributed by atoms with Crippen molar-refractivity contribution in [2.45, 2.75) is 18.4 Å². The Morgan fingerprint density at radius 1 is 0.750 bits per heavy atom. The molecule has 2 rings (SSSR count). The van der Waals surface area contributed by atoms with Gasteiger partial charge >= 0.3 is 0 Å². The maximum absolute atomic E-state index is 2.34. The van der Waals surface area contributed by atoms with Crippen molar-refractivity contribution in [1.29, 1.82) is 0 Å². The summed E-state index contributed by atoms with van der Waals surface area (Å²) < 4.78 is 0. The van der Waals surface area contributed by atoms with Gasteiger partial charge in [-0.25, -0.2) is 0 Å². The fourth-order valence-electron chi connectivity index (χ4n) is 2.28. The highest BCUT2D eigenvalue weighted by Gasteiger charge is 2.16. The van der Waals surface area contributed by atoms with Gasteiger partial charge in [0.1, 0.15) is 0 Å². The molecule has 0 radical (unpaired) electrons. The summed E-state index contributed by atoms with van der Waals surface area (Å²) >= 11 is 0. The molecule has 0 N–H and O–H groups in total. The van der Waals surface area contributed by atoms with E-state index in [4.69, 9.17) is 0 Å². The lowest BCUT2D eigenvalue weighted by atomic mass is 9.89. The standard InChI is InChI=1S/C15H18Si/c1-12(16)15(13-8-4-2-5-9-13)14-10-6-3-7-11-14/h2-12,15H,1,16H3. The SMILES string of the molecule is CC([SiH3])C(c1ccccc1)c1ccccc1. The lowest BCUT2D eigenvalue weighted by molar-refractivity contribution is 0.774. The van der Waals surface area contributed by atoms with E-state index in [-0.39, 0.29) is 0 Å². The second-order valence-corrected chi connectivity index (χ2v) is 6.36. The van der Waals surface area contributed by atoms with Crippen LogP contribution in [0.25, 0.3) is 0 Å². The Labute approximate surface area is 101 Å². The van der Waals surface area contributed by atoms with Crippen LogP contribution in [0, 0.1) is 0 Å². The summed E-state index contributed by atoms with van der Waals surface area (Å²) in [7, 11) is 1.22. The normalized spacial score (nSPS) is 12.9. The third-order valence-electron chi connectivity index (χ3n) is 2.98. The molecule has 0 bridgehead atoms. The van der Waals surface area contributed by atoms with Gasteiger partial charge in [-0.3, -0.25) is 0 Å². The first kappa shape index (κ1) is 11.2. The van der Waals surface area contributed by atoms with Gasteiger partial charge in [-0.05, 0) is 16.7 Å². The van der Waals surface area contributed by atoms with Gasteiger partial charge in [0.05, 0.1) is 0 Å². The topological polar surface area (TPSA) is 0 Å². The van der Waals surface area contributed by atoms with Gasteiger partial charge in [-0.1, -0.05) is 67.6 Å². The molecule has 1 unspecified atom stereocenters. The molecule has 0 aliphatic heterocycles. The Morgan fingerprint density at radius 3 is 1.44 bits per heavy atom. The Bertz CT molecular complexity index is 380. The van der Waals surface area contributed by atoms with E-state index in [0.717, 1.165) is 5.54 Å². The molecular weight excluding hydrogens is 208 g/mol. The van der Waals surface area contributed by atoms with Crippen molar-refractivity contribution in [3.8, 4) is 0 Å². The minimum atomic E-state index is 0.564. The van der Waals surface area contributed by atoms with Crippen LogP contribution in [0.1, 0.15) is 24.0 Å². The van der Waals surface area contributed by atoms with Crippen molar-refractivity contribution in [3.63, 3.8) is 0 Å². The van der Waals surface area contributed by atoms with Crippen LogP contribution in [0.3, 0.4) is 0 Å². The van der Waals surface area contributed by atoms with Gasteiger partial charge in [0, 0.05) is 16.2 Å². The number of benzene rings is 2. The molecule has 0 aliphatic carbocycles. The molecule has 0 nitrogen and oxygen atoms in total. The van der Waals surface area contributed by atoms with Crippen molar-refractivity contribution >= 4 is 10.2 Å². The van der Waals surface area contributed by atoms with Gasteiger partial charge in [0.25, 0.3) is 0 Å². The largest absolute Gasteiger partial charge is 0.0649 e. The van der Waals surface area contributed by atoms with Crippen molar-refractivity contribution < 1.29 is 0 Å². The molecule has 0 heterocycles. The monoisotopic (exact) mass is 226 g/mol. The molecule has 1 heteroatoms. The van der Waals surface area contributed by atoms with Crippen molar-refractivity contribution in [3.05, 3.63) is 71.8 Å². The van der Waals surface area contributed by atoms with Gasteiger partial charge in [0.15, 0.2) is 0 Å². The van der Waals surface area contributed by atoms with E-state index in [0.29, 0.717) is 5.92 Å². The highest BCUT2D eigenvalue weighted by atomic mass is 28.1. The van der Waals surface area contributed by atoms with Crippen molar-refractivity contribution in [2.24, 2.45) is 0 Å². The Balaban J connectivity index is 2.40. The van der Waals surface area contributed by atoms with Crippen LogP contribution >= 0.6 is 0 Å². The van der Waals surface area contributed by atoms with E-state index in [1.165, 1.54) is 21.4 Å². The van der Waals surface area contributed by atoms with E-state index in [1.807, 2.05) is 0 Å². The zero-order chi connectivity index (χ0) is 11.4. The van der Waals surface area contributed by atoms with Gasteiger partial charge < -0.3 is 0 Å². The van der Waals surface area contributed by atoms with Crippen LogP contribution in [-0.4, -0.2) is 10.2 Å². The summed E-state index contributed by atoms with van der Waals surface area (Å²) in [4.78, 5) is 0. The van der Waals surface area contributed by atoms with E-state index in [9.17, 15) is 0 Å². The Kier molecular flexibility index (Phi) is 3.57. The smallest absolute Gasteiger partial charge is 0.00829 e. The molecule has 0 spiro atoms. The van der Waals surface area contributed by atoms with E-state index >= 15 is 0 Å². The van der Waals surface area contributed by atoms with Crippen LogP contribution < -0.4 is 0 Å². The molecule has 0 aromatic heterocycles. The third kappa shape index (κ3) is 2.42. The summed E-state index contributed by atoms with van der Waals surface area (Å²) in [5, 5.41) is 0. The maximum Gasteiger partial charge on any atom is 0.00829 e. The minimum Gasteiger partial charge on any atom is -0.0649 e. The Hall–Kier alpha value is -1.34. The molecule has 0 saturated carbocycles. The number of hydrogen-bond acceptors (Lipinski definition) is 0. The highest BCUT2D eigenvalue weighted by Crippen LogP contribution is 2.33. The summed E-state index contributed by atoms with van der Waals surface area (Å²) in [6, 6.07) is 21.7. The van der Waals surface area contributed by atoms with Crippen molar-refractivity contribution in [2.75, 3.05) is 0 Å². The Morgan fingerprint density at radius 2 is 1.12 bits per heavy atom. The van der Waals surface area contributed by atoms with Crippen LogP contribution in [-0.2, 0) is 0 Å². The zero-order valence-corrected chi connectivity index (χ0v) is 11.9. The molecule has 1 atom stereocenters. The summed E-state index contributed by atoms with van der Waals surface area (Å²) in [5.74, 6) is 0.564. The lowest BCUT2D eigenvalue weighted by Crippen LogP contribution is -2.06. The fraction of sp³-hybridized carbons (Fsp3) is 0.200. The van der Waals surface area contributed by atoms with Crippen LogP contribution in [0.4, 0.5) is 0 Å². The van der Waals surface area contributed by atoms with E-state index in [2.05, 4.69) is 67.6 Å². The first-order valence-corrected chi connectivity index (χ1v) is 7.04. The van der Waals surface area contributed by atoms with E-state index in [1.54, 1.807) is 0 Å². The summed E-state index contributed by atoms with van der Waals surface area (Å²) in [5.41, 5.74) is 3.64. The highest BCUT2D eigenvalue weighted by molar-refractivity contribution is 6.12. The lowest BCUT2D eigenvalue weighted by Gasteiger charge is -2.21. The third-order valence-corrected chi connectivity index (χ3v) is 3.65. The van der Waals surface area contributed by atoms with Crippen molar-refractivity contribution in [1.82, 2.24) is 0 Å². The molecule has 0 aliphatic rings. The molecule has 0 saturated heterocycles. The summed E-state index contributed by atoms with van der Waals surface area (Å²) in [6.45, 7) is 2.34. The zero-order valence-electron chi connectivity index (χ0n) is 9.93. The van der Waals surface area contributed by atoms with Gasteiger partial charge in [-0.2, -0.15) is 0 Å². The van der Waals surface area contributed by atoms with Crippen LogP contribution in [0.5, 0.6) is 0 Å².